The Morgan fingerprint density at radius 2 is 1.61 bits per heavy atom. The average molecular weight is 336 g/mol. The number of benzene rings is 2. The quantitative estimate of drug-likeness (QED) is 0.618. The fraction of sp³-hybridized carbons (Fsp3) is 0.368. The van der Waals surface area contributed by atoms with Gasteiger partial charge < -0.3 is 27.6 Å². The van der Waals surface area contributed by atoms with Gasteiger partial charge in [0.05, 0.1) is 6.04 Å². The summed E-state index contributed by atoms with van der Waals surface area (Å²) in [5.41, 5.74) is 1.35. The Morgan fingerprint density at radius 1 is 1.00 bits per heavy atom. The first-order valence-corrected chi connectivity index (χ1v) is 8.01. The van der Waals surface area contributed by atoms with Crippen molar-refractivity contribution < 1.29 is 27.6 Å². The highest BCUT2D eigenvalue weighted by Gasteiger charge is 2.14. The van der Waals surface area contributed by atoms with E-state index in [1.165, 1.54) is 5.56 Å². The Kier molecular flexibility index (Phi) is 9.37. The molecule has 0 bridgehead atoms. The van der Waals surface area contributed by atoms with Crippen LogP contribution in [-0.2, 0) is 6.42 Å². The smallest absolute Gasteiger partial charge is 0.137 e. The molecular weight excluding hydrogens is 310 g/mol. The molecule has 2 rings (SSSR count). The molecule has 0 amide bonds. The van der Waals surface area contributed by atoms with Crippen LogP contribution in [0.4, 0.5) is 0 Å². The molecule has 3 nitrogen and oxygen atoms in total. The average Bonchev–Trinajstić information content (AvgIpc) is 2.58. The summed E-state index contributed by atoms with van der Waals surface area (Å²) in [4.78, 5) is 0. The topological polar surface area (TPSA) is 46.1 Å². The predicted octanol–water partition coefficient (Wildman–Crippen LogP) is -0.985. The lowest BCUT2D eigenvalue weighted by Crippen LogP contribution is -3.00. The van der Waals surface area contributed by atoms with E-state index in [1.807, 2.05) is 36.4 Å². The van der Waals surface area contributed by atoms with Crippen LogP contribution in [0.15, 0.2) is 60.7 Å². The van der Waals surface area contributed by atoms with Gasteiger partial charge in [-0.15, -0.1) is 0 Å². The van der Waals surface area contributed by atoms with E-state index in [0.29, 0.717) is 19.2 Å². The molecule has 0 saturated carbocycles. The lowest BCUT2D eigenvalue weighted by molar-refractivity contribution is -0.694. The second kappa shape index (κ2) is 11.1. The van der Waals surface area contributed by atoms with Gasteiger partial charge >= 0.3 is 0 Å². The van der Waals surface area contributed by atoms with Gasteiger partial charge in [-0.1, -0.05) is 55.5 Å². The van der Waals surface area contributed by atoms with Gasteiger partial charge in [0.25, 0.3) is 0 Å². The lowest BCUT2D eigenvalue weighted by atomic mass is 10.0. The number of para-hydroxylation sites is 1. The largest absolute Gasteiger partial charge is 1.00 e. The molecule has 0 saturated heterocycles. The second-order valence-corrected chi connectivity index (χ2v) is 5.61. The van der Waals surface area contributed by atoms with Gasteiger partial charge in [0, 0.05) is 6.42 Å². The fourth-order valence-electron chi connectivity index (χ4n) is 2.44. The summed E-state index contributed by atoms with van der Waals surface area (Å²) in [6.07, 6.45) is 1.66. The first kappa shape index (κ1) is 19.5. The summed E-state index contributed by atoms with van der Waals surface area (Å²) >= 11 is 0. The molecule has 0 aromatic heterocycles. The zero-order valence-electron chi connectivity index (χ0n) is 13.6. The third-order valence-corrected chi connectivity index (χ3v) is 3.79. The van der Waals surface area contributed by atoms with E-state index in [9.17, 15) is 5.11 Å². The van der Waals surface area contributed by atoms with Crippen LogP contribution < -0.4 is 22.5 Å². The molecule has 2 aromatic rings. The van der Waals surface area contributed by atoms with Gasteiger partial charge in [-0.05, 0) is 24.1 Å². The minimum absolute atomic E-state index is 0. The summed E-state index contributed by atoms with van der Waals surface area (Å²) in [6, 6.07) is 20.6. The van der Waals surface area contributed by atoms with Crippen LogP contribution in [0.3, 0.4) is 0 Å². The Balaban J connectivity index is 0.00000264. The van der Waals surface area contributed by atoms with Crippen LogP contribution in [0.25, 0.3) is 0 Å². The molecule has 126 valence electrons. The third kappa shape index (κ3) is 7.51. The van der Waals surface area contributed by atoms with Crippen molar-refractivity contribution in [2.75, 3.05) is 13.2 Å². The van der Waals surface area contributed by atoms with Gasteiger partial charge in [0.1, 0.15) is 25.0 Å². The first-order chi connectivity index (χ1) is 10.8. The number of quaternary nitrogens is 1. The minimum atomic E-state index is -0.454. The maximum Gasteiger partial charge on any atom is 0.137 e. The molecule has 2 unspecified atom stereocenters. The van der Waals surface area contributed by atoms with Gasteiger partial charge in [0.2, 0.25) is 0 Å². The van der Waals surface area contributed by atoms with Crippen LogP contribution >= 0.6 is 0 Å². The van der Waals surface area contributed by atoms with E-state index in [2.05, 4.69) is 36.5 Å². The van der Waals surface area contributed by atoms with E-state index in [4.69, 9.17) is 4.74 Å². The third-order valence-electron chi connectivity index (χ3n) is 3.79. The number of hydrogen-bond donors (Lipinski definition) is 2. The van der Waals surface area contributed by atoms with E-state index in [0.717, 1.165) is 18.6 Å². The molecule has 0 aliphatic rings. The van der Waals surface area contributed by atoms with Crippen LogP contribution in [0.2, 0.25) is 0 Å². The summed E-state index contributed by atoms with van der Waals surface area (Å²) in [6.45, 7) is 3.19. The van der Waals surface area contributed by atoms with Crippen molar-refractivity contribution in [1.82, 2.24) is 0 Å². The standard InChI is InChI=1S/C19H25NO2.ClH/c1-2-17(13-16-9-5-3-6-10-16)20-14-18(21)15-22-19-11-7-4-8-12-19;/h3-12,17-18,20-21H,2,13-15H2,1H3;1H. The molecule has 4 heteroatoms. The van der Waals surface area contributed by atoms with Crippen molar-refractivity contribution in [3.05, 3.63) is 66.2 Å². The normalized spacial score (nSPS) is 13.0. The van der Waals surface area contributed by atoms with Crippen molar-refractivity contribution in [3.8, 4) is 5.75 Å². The summed E-state index contributed by atoms with van der Waals surface area (Å²) in [5, 5.41) is 12.3. The molecule has 0 aliphatic heterocycles. The number of ether oxygens (including phenoxy) is 1. The first-order valence-electron chi connectivity index (χ1n) is 8.01. The number of rotatable bonds is 9. The maximum absolute atomic E-state index is 10.1. The number of hydrogen-bond acceptors (Lipinski definition) is 2. The van der Waals surface area contributed by atoms with Crippen molar-refractivity contribution in [3.63, 3.8) is 0 Å². The molecule has 23 heavy (non-hydrogen) atoms. The van der Waals surface area contributed by atoms with Crippen LogP contribution in [0, 0.1) is 0 Å². The van der Waals surface area contributed by atoms with Crippen molar-refractivity contribution in [1.29, 1.82) is 0 Å². The Labute approximate surface area is 145 Å². The zero-order chi connectivity index (χ0) is 15.6. The highest BCUT2D eigenvalue weighted by molar-refractivity contribution is 5.20. The Morgan fingerprint density at radius 3 is 2.22 bits per heavy atom. The minimum Gasteiger partial charge on any atom is -1.00 e. The van der Waals surface area contributed by atoms with E-state index < -0.39 is 6.10 Å². The molecule has 0 radical (unpaired) electrons. The Hall–Kier alpha value is -1.55. The Bertz CT molecular complexity index is 521. The molecule has 0 heterocycles. The predicted molar refractivity (Wildman–Crippen MR) is 89.0 cm³/mol. The van der Waals surface area contributed by atoms with Crippen molar-refractivity contribution >= 4 is 0 Å². The number of nitrogens with two attached hydrogens (primary N) is 1. The van der Waals surface area contributed by atoms with Gasteiger partial charge in [-0.3, -0.25) is 0 Å². The highest BCUT2D eigenvalue weighted by Crippen LogP contribution is 2.08. The SMILES string of the molecule is CCC(Cc1ccccc1)[NH2+]CC(O)COc1ccccc1.[Cl-]. The van der Waals surface area contributed by atoms with Gasteiger partial charge in [-0.25, -0.2) is 0 Å². The number of aliphatic hydroxyl groups excluding tert-OH is 1. The molecule has 2 atom stereocenters. The van der Waals surface area contributed by atoms with Crippen molar-refractivity contribution in [2.24, 2.45) is 0 Å². The van der Waals surface area contributed by atoms with Crippen LogP contribution in [0.1, 0.15) is 18.9 Å². The maximum atomic E-state index is 10.1. The molecule has 2 aromatic carbocycles. The second-order valence-electron chi connectivity index (χ2n) is 5.61. The molecule has 0 aliphatic carbocycles. The molecule has 0 fully saturated rings. The van der Waals surface area contributed by atoms with E-state index in [-0.39, 0.29) is 12.4 Å². The number of halogens is 1. The van der Waals surface area contributed by atoms with Gasteiger partial charge in [0.15, 0.2) is 0 Å². The van der Waals surface area contributed by atoms with Gasteiger partial charge in [-0.2, -0.15) is 0 Å². The van der Waals surface area contributed by atoms with Crippen LogP contribution in [0.5, 0.6) is 5.75 Å². The fourth-order valence-corrected chi connectivity index (χ4v) is 2.44. The summed E-state index contributed by atoms with van der Waals surface area (Å²) in [5.74, 6) is 0.804. The van der Waals surface area contributed by atoms with E-state index >= 15 is 0 Å². The number of aliphatic hydroxyl groups is 1. The monoisotopic (exact) mass is 335 g/mol. The summed E-state index contributed by atoms with van der Waals surface area (Å²) < 4.78 is 5.58. The summed E-state index contributed by atoms with van der Waals surface area (Å²) in [7, 11) is 0. The molecule has 3 N–H and O–H groups in total. The van der Waals surface area contributed by atoms with E-state index in [1.54, 1.807) is 0 Å². The molecular formula is C19H26ClNO2. The van der Waals surface area contributed by atoms with Crippen LogP contribution in [-0.4, -0.2) is 30.4 Å². The highest BCUT2D eigenvalue weighted by atomic mass is 35.5. The lowest BCUT2D eigenvalue weighted by Gasteiger charge is -2.17. The zero-order valence-corrected chi connectivity index (χ0v) is 14.3. The van der Waals surface area contributed by atoms with Crippen molar-refractivity contribution in [2.45, 2.75) is 31.9 Å². The molecule has 0 spiro atoms.